The summed E-state index contributed by atoms with van der Waals surface area (Å²) >= 11 is 0. The molecule has 0 saturated heterocycles. The van der Waals surface area contributed by atoms with Gasteiger partial charge in [-0.05, 0) is 19.3 Å². The van der Waals surface area contributed by atoms with Gasteiger partial charge < -0.3 is 25.1 Å². The van der Waals surface area contributed by atoms with Gasteiger partial charge in [-0.25, -0.2) is 0 Å². The number of aliphatic carboxylic acids is 2. The molecule has 0 aliphatic carbocycles. The van der Waals surface area contributed by atoms with Crippen LogP contribution >= 0.6 is 0 Å². The summed E-state index contributed by atoms with van der Waals surface area (Å²) in [7, 11) is 0. The molecule has 0 bridgehead atoms. The topological polar surface area (TPSA) is 109 Å². The van der Waals surface area contributed by atoms with E-state index in [0.717, 1.165) is 12.8 Å². The number of unbranched alkanes of at least 4 members (excludes halogenated alkanes) is 8. The van der Waals surface area contributed by atoms with Gasteiger partial charge in [0.25, 0.3) is 0 Å². The first-order valence-corrected chi connectivity index (χ1v) is 8.67. The molecule has 7 heteroatoms. The summed E-state index contributed by atoms with van der Waals surface area (Å²) < 4.78 is 0. The van der Waals surface area contributed by atoms with Gasteiger partial charge in [-0.1, -0.05) is 58.3 Å². The van der Waals surface area contributed by atoms with E-state index in [0.29, 0.717) is 6.42 Å². The Morgan fingerprint density at radius 2 is 1.33 bits per heavy atom. The zero-order valence-corrected chi connectivity index (χ0v) is 15.9. The quantitative estimate of drug-likeness (QED) is 0.301. The van der Waals surface area contributed by atoms with Crippen LogP contribution in [0.25, 0.3) is 0 Å². The van der Waals surface area contributed by atoms with Crippen LogP contribution in [-0.2, 0) is 36.8 Å². The van der Waals surface area contributed by atoms with Gasteiger partial charge in [-0.3, -0.25) is 4.79 Å². The Bertz CT molecular complexity index is 363. The first-order chi connectivity index (χ1) is 11.0. The number of carbonyl (C=O) groups is 3. The van der Waals surface area contributed by atoms with Gasteiger partial charge in [0.05, 0.1) is 12.0 Å². The van der Waals surface area contributed by atoms with Gasteiger partial charge >= 0.3 is 0 Å². The van der Waals surface area contributed by atoms with E-state index in [4.69, 9.17) is 0 Å². The number of hydrogen-bond donors (Lipinski definition) is 1. The normalized spacial score (nSPS) is 11.4. The molecule has 0 heterocycles. The van der Waals surface area contributed by atoms with Crippen LogP contribution in [0.2, 0.25) is 0 Å². The second-order valence-electron chi connectivity index (χ2n) is 5.93. The third kappa shape index (κ3) is 16.0. The van der Waals surface area contributed by atoms with Crippen LogP contribution in [0.5, 0.6) is 0 Å². The first kappa shape index (κ1) is 25.4. The number of carboxylic acids is 2. The van der Waals surface area contributed by atoms with Crippen molar-refractivity contribution in [1.82, 2.24) is 5.32 Å². The molecule has 1 N–H and O–H groups in total. The minimum Gasteiger partial charge on any atom is -0.550 e. The first-order valence-electron chi connectivity index (χ1n) is 8.67. The van der Waals surface area contributed by atoms with E-state index in [2.05, 4.69) is 12.2 Å². The van der Waals surface area contributed by atoms with Crippen LogP contribution in [0.4, 0.5) is 0 Å². The largest absolute Gasteiger partial charge is 0.550 e. The summed E-state index contributed by atoms with van der Waals surface area (Å²) in [5, 5.41) is 23.5. The molecule has 0 rings (SSSR count). The minimum atomic E-state index is -1.47. The molecular formula is C17H29AgNO5-2. The Hall–Kier alpha value is -0.850. The van der Waals surface area contributed by atoms with Crippen molar-refractivity contribution < 1.29 is 47.0 Å². The van der Waals surface area contributed by atoms with Crippen LogP contribution in [0.3, 0.4) is 0 Å². The summed E-state index contributed by atoms with van der Waals surface area (Å²) in [5.41, 5.74) is 0. The Kier molecular flexibility index (Phi) is 18.0. The SMILES string of the molecule is CCCCCCCCCCCC(=O)N[C@@H](CCC(=O)[O-])C(=O)[O-].[Ag]. The Labute approximate surface area is 160 Å². The standard InChI is InChI=1S/C17H31NO5.Ag/c1-2-3-4-5-6-7-8-9-10-11-15(19)18-14(17(22)23)12-13-16(20)21;/h14H,2-13H2,1H3,(H,18,19)(H,20,21)(H,22,23);/p-2/t14-;/m0./s1. The number of nitrogens with one attached hydrogen (secondary N) is 1. The summed E-state index contributed by atoms with van der Waals surface area (Å²) in [6.45, 7) is 2.19. The van der Waals surface area contributed by atoms with Crippen molar-refractivity contribution in [2.24, 2.45) is 0 Å². The zero-order valence-electron chi connectivity index (χ0n) is 14.4. The number of carboxylic acid groups (broad SMARTS) is 2. The molecule has 145 valence electrons. The van der Waals surface area contributed by atoms with E-state index >= 15 is 0 Å². The molecule has 0 aliphatic heterocycles. The molecule has 24 heavy (non-hydrogen) atoms. The molecule has 0 saturated carbocycles. The molecule has 6 nitrogen and oxygen atoms in total. The maximum Gasteiger partial charge on any atom is 0.220 e. The van der Waals surface area contributed by atoms with Gasteiger partial charge in [0.1, 0.15) is 0 Å². The summed E-state index contributed by atoms with van der Waals surface area (Å²) in [6.07, 6.45) is 9.82. The molecule has 0 aliphatic rings. The van der Waals surface area contributed by atoms with Crippen LogP contribution in [0.1, 0.15) is 84.0 Å². The van der Waals surface area contributed by atoms with Crippen LogP contribution < -0.4 is 15.5 Å². The molecule has 0 unspecified atom stereocenters. The fourth-order valence-electron chi connectivity index (χ4n) is 2.37. The van der Waals surface area contributed by atoms with Crippen molar-refractivity contribution in [2.75, 3.05) is 0 Å². The smallest absolute Gasteiger partial charge is 0.220 e. The Balaban J connectivity index is 0. The predicted octanol–water partition coefficient (Wildman–Crippen LogP) is 0.670. The van der Waals surface area contributed by atoms with E-state index in [1.165, 1.54) is 38.5 Å². The summed E-state index contributed by atoms with van der Waals surface area (Å²) in [4.78, 5) is 32.8. The molecule has 0 fully saturated rings. The monoisotopic (exact) mass is 434 g/mol. The third-order valence-corrected chi connectivity index (χ3v) is 3.76. The zero-order chi connectivity index (χ0) is 17.5. The third-order valence-electron chi connectivity index (χ3n) is 3.76. The van der Waals surface area contributed by atoms with Crippen molar-refractivity contribution >= 4 is 17.8 Å². The number of hydrogen-bond acceptors (Lipinski definition) is 5. The molecule has 0 aromatic carbocycles. The van der Waals surface area contributed by atoms with E-state index in [9.17, 15) is 24.6 Å². The van der Waals surface area contributed by atoms with Crippen LogP contribution in [0, 0.1) is 0 Å². The minimum absolute atomic E-state index is 0. The molecule has 0 aromatic rings. The maximum atomic E-state index is 11.6. The average molecular weight is 435 g/mol. The molecule has 1 atom stereocenters. The van der Waals surface area contributed by atoms with Gasteiger partial charge in [0, 0.05) is 34.8 Å². The Morgan fingerprint density at radius 3 is 1.79 bits per heavy atom. The molecule has 0 spiro atoms. The van der Waals surface area contributed by atoms with Crippen LogP contribution in [-0.4, -0.2) is 23.9 Å². The fraction of sp³-hybridized carbons (Fsp3) is 0.824. The van der Waals surface area contributed by atoms with Gasteiger partial charge in [-0.15, -0.1) is 0 Å². The van der Waals surface area contributed by atoms with Crippen molar-refractivity contribution in [3.63, 3.8) is 0 Å². The van der Waals surface area contributed by atoms with Gasteiger partial charge in [-0.2, -0.15) is 0 Å². The van der Waals surface area contributed by atoms with Crippen molar-refractivity contribution in [1.29, 1.82) is 0 Å². The van der Waals surface area contributed by atoms with Gasteiger partial charge in [0.2, 0.25) is 5.91 Å². The average Bonchev–Trinajstić information content (AvgIpc) is 2.49. The van der Waals surface area contributed by atoms with Crippen molar-refractivity contribution in [3.8, 4) is 0 Å². The molecule has 1 radical (unpaired) electrons. The van der Waals surface area contributed by atoms with Crippen molar-refractivity contribution in [3.05, 3.63) is 0 Å². The van der Waals surface area contributed by atoms with E-state index in [1.807, 2.05) is 0 Å². The molecule has 1 amide bonds. The summed E-state index contributed by atoms with van der Waals surface area (Å²) in [6, 6.07) is -1.26. The second kappa shape index (κ2) is 17.0. The van der Waals surface area contributed by atoms with Crippen molar-refractivity contribution in [2.45, 2.75) is 90.0 Å². The number of carbonyl (C=O) groups excluding carboxylic acids is 3. The van der Waals surface area contributed by atoms with E-state index < -0.39 is 24.4 Å². The molecular weight excluding hydrogens is 406 g/mol. The fourth-order valence-corrected chi connectivity index (χ4v) is 2.37. The van der Waals surface area contributed by atoms with Gasteiger partial charge in [0.15, 0.2) is 0 Å². The predicted molar refractivity (Wildman–Crippen MR) is 83.0 cm³/mol. The number of amides is 1. The van der Waals surface area contributed by atoms with E-state index in [1.54, 1.807) is 0 Å². The summed E-state index contributed by atoms with van der Waals surface area (Å²) in [5.74, 6) is -3.18. The number of rotatable bonds is 15. The van der Waals surface area contributed by atoms with Crippen LogP contribution in [0.15, 0.2) is 0 Å². The second-order valence-corrected chi connectivity index (χ2v) is 5.93. The molecule has 0 aromatic heterocycles. The van der Waals surface area contributed by atoms with E-state index in [-0.39, 0.29) is 41.1 Å². The Morgan fingerprint density at radius 1 is 0.833 bits per heavy atom. The maximum absolute atomic E-state index is 11.6.